The molecule has 1 rings (SSSR count). The molecule has 18 heavy (non-hydrogen) atoms. The summed E-state index contributed by atoms with van der Waals surface area (Å²) in [5.41, 5.74) is -0.205. The summed E-state index contributed by atoms with van der Waals surface area (Å²) in [6.45, 7) is 6.32. The highest BCUT2D eigenvalue weighted by molar-refractivity contribution is 5.77. The van der Waals surface area contributed by atoms with Gasteiger partial charge in [0.25, 0.3) is 0 Å². The molecule has 0 atom stereocenters. The van der Waals surface area contributed by atoms with Crippen molar-refractivity contribution in [1.82, 2.24) is 15.3 Å². The summed E-state index contributed by atoms with van der Waals surface area (Å²) in [6.07, 6.45) is 1.97. The van der Waals surface area contributed by atoms with Gasteiger partial charge in [-0.3, -0.25) is 4.79 Å². The molecular formula is C12H20N4O2. The van der Waals surface area contributed by atoms with Crippen LogP contribution in [0, 0.1) is 0 Å². The van der Waals surface area contributed by atoms with Gasteiger partial charge in [-0.15, -0.1) is 0 Å². The van der Waals surface area contributed by atoms with Crippen LogP contribution in [-0.4, -0.2) is 35.1 Å². The molecule has 6 nitrogen and oxygen atoms in total. The Balaban J connectivity index is 2.35. The smallest absolute Gasteiger partial charge is 0.225 e. The quantitative estimate of drug-likeness (QED) is 0.823. The zero-order valence-corrected chi connectivity index (χ0v) is 11.3. The molecule has 0 saturated heterocycles. The van der Waals surface area contributed by atoms with Gasteiger partial charge in [0, 0.05) is 30.8 Å². The van der Waals surface area contributed by atoms with Crippen LogP contribution in [0.2, 0.25) is 0 Å². The summed E-state index contributed by atoms with van der Waals surface area (Å²) in [6, 6.07) is 1.66. The van der Waals surface area contributed by atoms with Gasteiger partial charge in [0.05, 0.1) is 7.11 Å². The first-order valence-corrected chi connectivity index (χ1v) is 5.82. The van der Waals surface area contributed by atoms with Crippen LogP contribution in [-0.2, 0) is 4.79 Å². The minimum Gasteiger partial charge on any atom is -0.481 e. The van der Waals surface area contributed by atoms with Gasteiger partial charge in [0.1, 0.15) is 0 Å². The Kier molecular flexibility index (Phi) is 4.88. The number of ether oxygens (including phenoxy) is 1. The maximum Gasteiger partial charge on any atom is 0.225 e. The molecule has 0 unspecified atom stereocenters. The van der Waals surface area contributed by atoms with Gasteiger partial charge in [-0.05, 0) is 20.8 Å². The Morgan fingerprint density at radius 2 is 2.17 bits per heavy atom. The van der Waals surface area contributed by atoms with Crippen LogP contribution < -0.4 is 15.4 Å². The SMILES string of the molecule is COc1ccnc(NCCC(=O)NC(C)(C)C)n1. The number of methoxy groups -OCH3 is 1. The maximum absolute atomic E-state index is 11.6. The Morgan fingerprint density at radius 1 is 1.44 bits per heavy atom. The average Bonchev–Trinajstić information content (AvgIpc) is 2.27. The monoisotopic (exact) mass is 252 g/mol. The molecule has 0 saturated carbocycles. The van der Waals surface area contributed by atoms with E-state index in [2.05, 4.69) is 20.6 Å². The fraction of sp³-hybridized carbons (Fsp3) is 0.583. The second-order valence-electron chi connectivity index (χ2n) is 4.90. The van der Waals surface area contributed by atoms with Gasteiger partial charge < -0.3 is 15.4 Å². The molecule has 1 aromatic rings. The highest BCUT2D eigenvalue weighted by Gasteiger charge is 2.13. The second kappa shape index (κ2) is 6.18. The predicted molar refractivity (Wildman–Crippen MR) is 69.6 cm³/mol. The minimum atomic E-state index is -0.205. The zero-order chi connectivity index (χ0) is 13.6. The summed E-state index contributed by atoms with van der Waals surface area (Å²) in [5, 5.41) is 5.86. The van der Waals surface area contributed by atoms with E-state index in [1.54, 1.807) is 19.4 Å². The molecule has 0 aliphatic rings. The number of rotatable bonds is 5. The molecule has 6 heteroatoms. The third-order valence-corrected chi connectivity index (χ3v) is 1.99. The molecule has 0 radical (unpaired) electrons. The summed E-state index contributed by atoms with van der Waals surface area (Å²) in [7, 11) is 1.54. The third-order valence-electron chi connectivity index (χ3n) is 1.99. The lowest BCUT2D eigenvalue weighted by Crippen LogP contribution is -2.41. The molecule has 0 fully saturated rings. The van der Waals surface area contributed by atoms with E-state index in [0.29, 0.717) is 24.8 Å². The predicted octanol–water partition coefficient (Wildman–Crippen LogP) is 1.20. The van der Waals surface area contributed by atoms with E-state index in [-0.39, 0.29) is 11.4 Å². The largest absolute Gasteiger partial charge is 0.481 e. The number of anilines is 1. The molecule has 0 aliphatic carbocycles. The van der Waals surface area contributed by atoms with E-state index in [1.807, 2.05) is 20.8 Å². The summed E-state index contributed by atoms with van der Waals surface area (Å²) < 4.78 is 4.98. The molecule has 1 aromatic heterocycles. The maximum atomic E-state index is 11.6. The minimum absolute atomic E-state index is 0.00195. The Bertz CT molecular complexity index is 401. The normalized spacial score (nSPS) is 10.9. The van der Waals surface area contributed by atoms with Crippen LogP contribution in [0.1, 0.15) is 27.2 Å². The van der Waals surface area contributed by atoms with Crippen molar-refractivity contribution < 1.29 is 9.53 Å². The molecule has 0 spiro atoms. The van der Waals surface area contributed by atoms with Crippen LogP contribution in [0.3, 0.4) is 0 Å². The van der Waals surface area contributed by atoms with Gasteiger partial charge in [0.15, 0.2) is 0 Å². The Hall–Kier alpha value is -1.85. The summed E-state index contributed by atoms with van der Waals surface area (Å²) >= 11 is 0. The van der Waals surface area contributed by atoms with E-state index in [4.69, 9.17) is 4.74 Å². The van der Waals surface area contributed by atoms with Crippen LogP contribution in [0.15, 0.2) is 12.3 Å². The number of amides is 1. The van der Waals surface area contributed by atoms with Crippen molar-refractivity contribution in [3.63, 3.8) is 0 Å². The van der Waals surface area contributed by atoms with E-state index >= 15 is 0 Å². The first-order chi connectivity index (χ1) is 8.40. The number of carbonyl (C=O) groups is 1. The van der Waals surface area contributed by atoms with E-state index < -0.39 is 0 Å². The molecular weight excluding hydrogens is 232 g/mol. The van der Waals surface area contributed by atoms with Crippen LogP contribution in [0.4, 0.5) is 5.95 Å². The number of aromatic nitrogens is 2. The van der Waals surface area contributed by atoms with Crippen molar-refractivity contribution in [1.29, 1.82) is 0 Å². The molecule has 2 N–H and O–H groups in total. The fourth-order valence-electron chi connectivity index (χ4n) is 1.31. The number of hydrogen-bond donors (Lipinski definition) is 2. The molecule has 0 aliphatic heterocycles. The van der Waals surface area contributed by atoms with Gasteiger partial charge in [-0.1, -0.05) is 0 Å². The Morgan fingerprint density at radius 3 is 2.78 bits per heavy atom. The first kappa shape index (κ1) is 14.2. The van der Waals surface area contributed by atoms with Gasteiger partial charge >= 0.3 is 0 Å². The van der Waals surface area contributed by atoms with Gasteiger partial charge in [-0.2, -0.15) is 4.98 Å². The Labute approximate surface area is 107 Å². The van der Waals surface area contributed by atoms with Crippen molar-refractivity contribution in [2.75, 3.05) is 19.0 Å². The molecule has 1 amide bonds. The fourth-order valence-corrected chi connectivity index (χ4v) is 1.31. The lowest BCUT2D eigenvalue weighted by Gasteiger charge is -2.20. The summed E-state index contributed by atoms with van der Waals surface area (Å²) in [5.74, 6) is 0.947. The van der Waals surface area contributed by atoms with Gasteiger partial charge in [0.2, 0.25) is 17.7 Å². The van der Waals surface area contributed by atoms with Crippen molar-refractivity contribution in [3.8, 4) is 5.88 Å². The van der Waals surface area contributed by atoms with Crippen LogP contribution >= 0.6 is 0 Å². The zero-order valence-electron chi connectivity index (χ0n) is 11.3. The number of hydrogen-bond acceptors (Lipinski definition) is 5. The molecule has 1 heterocycles. The van der Waals surface area contributed by atoms with Crippen molar-refractivity contribution in [2.45, 2.75) is 32.7 Å². The molecule has 0 bridgehead atoms. The van der Waals surface area contributed by atoms with Crippen molar-refractivity contribution >= 4 is 11.9 Å². The summed E-state index contributed by atoms with van der Waals surface area (Å²) in [4.78, 5) is 19.7. The van der Waals surface area contributed by atoms with Crippen LogP contribution in [0.25, 0.3) is 0 Å². The lowest BCUT2D eigenvalue weighted by atomic mass is 10.1. The number of carbonyl (C=O) groups excluding carboxylic acids is 1. The number of nitrogens with zero attached hydrogens (tertiary/aromatic N) is 2. The molecule has 100 valence electrons. The number of nitrogens with one attached hydrogen (secondary N) is 2. The third kappa shape index (κ3) is 5.47. The first-order valence-electron chi connectivity index (χ1n) is 5.82. The highest BCUT2D eigenvalue weighted by Crippen LogP contribution is 2.07. The van der Waals surface area contributed by atoms with E-state index in [0.717, 1.165) is 0 Å². The lowest BCUT2D eigenvalue weighted by molar-refractivity contribution is -0.122. The van der Waals surface area contributed by atoms with E-state index in [1.165, 1.54) is 0 Å². The highest BCUT2D eigenvalue weighted by atomic mass is 16.5. The standard InChI is InChI=1S/C12H20N4O2/c1-12(2,3)16-9(17)5-7-13-11-14-8-6-10(15-11)18-4/h6,8H,5,7H2,1-4H3,(H,16,17)(H,13,14,15). The van der Waals surface area contributed by atoms with Crippen molar-refractivity contribution in [3.05, 3.63) is 12.3 Å². The molecule has 0 aromatic carbocycles. The average molecular weight is 252 g/mol. The topological polar surface area (TPSA) is 76.1 Å². The van der Waals surface area contributed by atoms with E-state index in [9.17, 15) is 4.79 Å². The second-order valence-corrected chi connectivity index (χ2v) is 4.90. The van der Waals surface area contributed by atoms with Gasteiger partial charge in [-0.25, -0.2) is 4.98 Å². The van der Waals surface area contributed by atoms with Crippen molar-refractivity contribution in [2.24, 2.45) is 0 Å². The van der Waals surface area contributed by atoms with Crippen LogP contribution in [0.5, 0.6) is 5.88 Å².